The van der Waals surface area contributed by atoms with Crippen LogP contribution in [0.4, 0.5) is 0 Å². The lowest BCUT2D eigenvalue weighted by Crippen LogP contribution is -2.30. The van der Waals surface area contributed by atoms with Gasteiger partial charge < -0.3 is 24.2 Å². The Morgan fingerprint density at radius 2 is 0.645 bits per heavy atom. The van der Waals surface area contributed by atoms with Crippen LogP contribution in [0.5, 0.6) is 0 Å². The Bertz CT molecular complexity index is 1460. The van der Waals surface area contributed by atoms with Crippen LogP contribution in [0.3, 0.4) is 0 Å². The van der Waals surface area contributed by atoms with Crippen molar-refractivity contribution < 1.29 is 52.2 Å². The number of allylic oxidation sites excluding steroid dienone is 8. The predicted molar refractivity (Wildman–Crippen MR) is 316 cm³/mol. The second-order valence-electron chi connectivity index (χ2n) is 21.2. The van der Waals surface area contributed by atoms with Gasteiger partial charge in [0.15, 0.2) is 6.10 Å². The van der Waals surface area contributed by atoms with Crippen molar-refractivity contribution in [1.82, 2.24) is 0 Å². The molecule has 0 aromatic carbocycles. The van der Waals surface area contributed by atoms with E-state index in [-0.39, 0.29) is 25.9 Å². The van der Waals surface area contributed by atoms with E-state index in [2.05, 4.69) is 69.4 Å². The smallest absolute Gasteiger partial charge is 0.462 e. The predicted octanol–water partition coefficient (Wildman–Crippen LogP) is 18.9. The molecule has 0 bridgehead atoms. The molecule has 11 nitrogen and oxygen atoms in total. The Hall–Kier alpha value is -2.56. The van der Waals surface area contributed by atoms with Gasteiger partial charge in [0.25, 0.3) is 0 Å². The van der Waals surface area contributed by atoms with Crippen molar-refractivity contribution in [3.8, 4) is 0 Å². The summed E-state index contributed by atoms with van der Waals surface area (Å²) >= 11 is 0. The fourth-order valence-corrected chi connectivity index (χ4v) is 9.67. The summed E-state index contributed by atoms with van der Waals surface area (Å²) in [5, 5.41) is 9.83. The fraction of sp³-hybridized carbons (Fsp3) is 0.828. The first-order valence-electron chi connectivity index (χ1n) is 31.5. The standard InChI is InChI=1S/C64H117O11P/c1-4-7-10-13-16-19-22-25-28-30-33-35-38-41-44-47-50-53-62(66)71-57-61(75-64(68)55-52-49-46-43-40-37-34-31-29-26-23-20-17-14-11-8-5-2)59-73-76(69,70)72-58-60(56-65)74-63(67)54-51-48-45-42-39-36-32-27-24-21-18-15-12-9-6-3/h17-18,20-21,26-27,29,32,60-61,65H,4-16,19,22-25,28,30-31,33-59H2,1-3H3,(H,69,70)/b20-17-,21-18-,29-26-,32-27-. The Balaban J connectivity index is 4.70. The van der Waals surface area contributed by atoms with E-state index in [1.54, 1.807) is 0 Å². The summed E-state index contributed by atoms with van der Waals surface area (Å²) < 4.78 is 39.6. The highest BCUT2D eigenvalue weighted by atomic mass is 31.2. The average Bonchev–Trinajstić information content (AvgIpc) is 3.41. The number of phosphoric acid groups is 1. The highest BCUT2D eigenvalue weighted by molar-refractivity contribution is 7.47. The van der Waals surface area contributed by atoms with E-state index in [4.69, 9.17) is 23.3 Å². The fourth-order valence-electron chi connectivity index (χ4n) is 8.89. The van der Waals surface area contributed by atoms with Gasteiger partial charge in [0, 0.05) is 19.3 Å². The number of carbonyl (C=O) groups excluding carboxylic acids is 3. The molecule has 3 atom stereocenters. The summed E-state index contributed by atoms with van der Waals surface area (Å²) in [6.45, 7) is 4.62. The van der Waals surface area contributed by atoms with E-state index in [0.717, 1.165) is 103 Å². The van der Waals surface area contributed by atoms with Crippen LogP contribution >= 0.6 is 7.82 Å². The van der Waals surface area contributed by atoms with E-state index in [0.29, 0.717) is 19.3 Å². The molecule has 0 aliphatic rings. The lowest BCUT2D eigenvalue weighted by molar-refractivity contribution is -0.161. The summed E-state index contributed by atoms with van der Waals surface area (Å²) in [4.78, 5) is 48.7. The number of hydrogen-bond donors (Lipinski definition) is 2. The molecule has 76 heavy (non-hydrogen) atoms. The maximum absolute atomic E-state index is 12.9. The third kappa shape index (κ3) is 56.2. The monoisotopic (exact) mass is 1090 g/mol. The van der Waals surface area contributed by atoms with Gasteiger partial charge in [-0.2, -0.15) is 0 Å². The zero-order valence-electron chi connectivity index (χ0n) is 49.2. The minimum atomic E-state index is -4.75. The summed E-state index contributed by atoms with van der Waals surface area (Å²) in [5.74, 6) is -1.47. The molecule has 0 saturated heterocycles. The van der Waals surface area contributed by atoms with E-state index in [1.807, 2.05) is 0 Å². The van der Waals surface area contributed by atoms with Crippen molar-refractivity contribution in [2.24, 2.45) is 0 Å². The zero-order chi connectivity index (χ0) is 55.5. The van der Waals surface area contributed by atoms with E-state index >= 15 is 0 Å². The molecule has 0 radical (unpaired) electrons. The van der Waals surface area contributed by atoms with Gasteiger partial charge in [-0.1, -0.05) is 249 Å². The first-order valence-corrected chi connectivity index (χ1v) is 33.0. The van der Waals surface area contributed by atoms with Crippen molar-refractivity contribution in [3.63, 3.8) is 0 Å². The number of esters is 3. The molecule has 12 heteroatoms. The number of aliphatic hydroxyl groups excluding tert-OH is 1. The van der Waals surface area contributed by atoms with Crippen molar-refractivity contribution in [3.05, 3.63) is 48.6 Å². The molecular weight excluding hydrogens is 976 g/mol. The molecule has 0 aromatic heterocycles. The maximum Gasteiger partial charge on any atom is 0.472 e. The normalized spacial score (nSPS) is 13.6. The van der Waals surface area contributed by atoms with Gasteiger partial charge in [-0.25, -0.2) is 4.57 Å². The average molecular weight is 1090 g/mol. The van der Waals surface area contributed by atoms with Crippen molar-refractivity contribution in [2.45, 2.75) is 315 Å². The van der Waals surface area contributed by atoms with Crippen LogP contribution in [0.25, 0.3) is 0 Å². The summed E-state index contributed by atoms with van der Waals surface area (Å²) in [6.07, 6.45) is 63.4. The van der Waals surface area contributed by atoms with Gasteiger partial charge in [0.2, 0.25) is 0 Å². The molecule has 444 valence electrons. The lowest BCUT2D eigenvalue weighted by atomic mass is 10.0. The molecule has 0 aromatic rings. The van der Waals surface area contributed by atoms with Gasteiger partial charge in [0.05, 0.1) is 19.8 Å². The molecule has 0 saturated carbocycles. The van der Waals surface area contributed by atoms with Crippen LogP contribution < -0.4 is 0 Å². The third-order valence-electron chi connectivity index (χ3n) is 13.7. The number of rotatable bonds is 59. The third-order valence-corrected chi connectivity index (χ3v) is 14.7. The van der Waals surface area contributed by atoms with Gasteiger partial charge in [-0.3, -0.25) is 23.4 Å². The molecule has 0 fully saturated rings. The van der Waals surface area contributed by atoms with Crippen LogP contribution in [0.1, 0.15) is 303 Å². The summed E-state index contributed by atoms with van der Waals surface area (Å²) in [5.41, 5.74) is 0. The number of aliphatic hydroxyl groups is 1. The molecule has 0 heterocycles. The lowest BCUT2D eigenvalue weighted by Gasteiger charge is -2.21. The van der Waals surface area contributed by atoms with Crippen molar-refractivity contribution >= 4 is 25.7 Å². The van der Waals surface area contributed by atoms with E-state index in [1.165, 1.54) is 141 Å². The van der Waals surface area contributed by atoms with Gasteiger partial charge >= 0.3 is 25.7 Å². The highest BCUT2D eigenvalue weighted by Crippen LogP contribution is 2.43. The SMILES string of the molecule is CCCCC/C=C\C/C=C\CCCCCCCCCC(=O)OC(COC(=O)CCCCCCCCCCCCCCCCCCC)COP(=O)(O)OCC(CO)OC(=O)CCCCCCC/C=C\C/C=C\CCCCC. The molecule has 2 N–H and O–H groups in total. The van der Waals surface area contributed by atoms with E-state index < -0.39 is 57.8 Å². The molecule has 3 unspecified atom stereocenters. The first kappa shape index (κ1) is 73.4. The molecule has 0 spiro atoms. The number of ether oxygens (including phenoxy) is 3. The van der Waals surface area contributed by atoms with Crippen LogP contribution in [-0.4, -0.2) is 66.5 Å². The second kappa shape index (κ2) is 58.6. The van der Waals surface area contributed by atoms with Crippen LogP contribution in [-0.2, 0) is 42.2 Å². The zero-order valence-corrected chi connectivity index (χ0v) is 50.1. The number of hydrogen-bond acceptors (Lipinski definition) is 10. The minimum Gasteiger partial charge on any atom is -0.462 e. The van der Waals surface area contributed by atoms with E-state index in [9.17, 15) is 28.9 Å². The Kier molecular flexibility index (Phi) is 56.6. The largest absolute Gasteiger partial charge is 0.472 e. The summed E-state index contributed by atoms with van der Waals surface area (Å²) in [6, 6.07) is 0. The molecular formula is C64H117O11P. The minimum absolute atomic E-state index is 0.160. The number of unbranched alkanes of at least 4 members (excludes halogenated alkanes) is 34. The topological polar surface area (TPSA) is 155 Å². The molecule has 0 aliphatic heterocycles. The highest BCUT2D eigenvalue weighted by Gasteiger charge is 2.28. The van der Waals surface area contributed by atoms with Crippen molar-refractivity contribution in [1.29, 1.82) is 0 Å². The molecule has 0 amide bonds. The van der Waals surface area contributed by atoms with Crippen LogP contribution in [0.15, 0.2) is 48.6 Å². The Morgan fingerprint density at radius 1 is 0.368 bits per heavy atom. The van der Waals surface area contributed by atoms with Gasteiger partial charge in [-0.05, 0) is 83.5 Å². The maximum atomic E-state index is 12.9. The van der Waals surface area contributed by atoms with Crippen LogP contribution in [0.2, 0.25) is 0 Å². The Morgan fingerprint density at radius 3 is 1.00 bits per heavy atom. The molecule has 0 rings (SSSR count). The summed E-state index contributed by atoms with van der Waals surface area (Å²) in [7, 11) is -4.75. The number of carbonyl (C=O) groups is 3. The second-order valence-corrected chi connectivity index (χ2v) is 22.7. The quantitative estimate of drug-likeness (QED) is 0.0197. The van der Waals surface area contributed by atoms with Gasteiger partial charge in [0.1, 0.15) is 12.7 Å². The first-order chi connectivity index (χ1) is 37.2. The number of phosphoric ester groups is 1. The molecule has 0 aliphatic carbocycles. The Labute approximate surface area is 466 Å². The van der Waals surface area contributed by atoms with Gasteiger partial charge in [-0.15, -0.1) is 0 Å². The van der Waals surface area contributed by atoms with Crippen molar-refractivity contribution in [2.75, 3.05) is 26.4 Å². The van der Waals surface area contributed by atoms with Crippen LogP contribution in [0, 0.1) is 0 Å².